The Morgan fingerprint density at radius 2 is 2.10 bits per heavy atom. The summed E-state index contributed by atoms with van der Waals surface area (Å²) >= 11 is 0. The van der Waals surface area contributed by atoms with Gasteiger partial charge in [-0.05, 0) is 35.5 Å². The Balaban J connectivity index is 1.62. The zero-order chi connectivity index (χ0) is 20.4. The summed E-state index contributed by atoms with van der Waals surface area (Å²) in [6.07, 6.45) is 4.74. The van der Waals surface area contributed by atoms with Crippen LogP contribution in [0.25, 0.3) is 5.65 Å². The van der Waals surface area contributed by atoms with Gasteiger partial charge in [0, 0.05) is 11.1 Å². The molecule has 0 unspecified atom stereocenters. The Labute approximate surface area is 165 Å². The van der Waals surface area contributed by atoms with E-state index in [4.69, 9.17) is 4.74 Å². The van der Waals surface area contributed by atoms with E-state index in [9.17, 15) is 4.79 Å². The van der Waals surface area contributed by atoms with Crippen LogP contribution in [0.15, 0.2) is 35.6 Å². The number of rotatable bonds is 2. The van der Waals surface area contributed by atoms with Crippen LogP contribution in [0.4, 0.5) is 0 Å². The maximum absolute atomic E-state index is 12.5. The molecular weight excluding hydrogens is 370 g/mol. The van der Waals surface area contributed by atoms with E-state index in [0.717, 1.165) is 5.56 Å². The fraction of sp³-hybridized carbons (Fsp3) is 0.150. The predicted octanol–water partition coefficient (Wildman–Crippen LogP) is 0.539. The van der Waals surface area contributed by atoms with Crippen LogP contribution in [0.1, 0.15) is 34.2 Å². The van der Waals surface area contributed by atoms with Crippen molar-refractivity contribution in [3.05, 3.63) is 53.1 Å². The number of amides is 1. The van der Waals surface area contributed by atoms with E-state index in [1.165, 1.54) is 13.3 Å². The Bertz CT molecular complexity index is 1300. The summed E-state index contributed by atoms with van der Waals surface area (Å²) < 4.78 is 10.8. The first-order valence-electron chi connectivity index (χ1n) is 8.68. The maximum Gasteiger partial charge on any atom is 0.389 e. The zero-order valence-corrected chi connectivity index (χ0v) is 16.0. The molecule has 0 fully saturated rings. The van der Waals surface area contributed by atoms with Crippen LogP contribution >= 0.6 is 0 Å². The molecule has 1 aliphatic rings. The first kappa shape index (κ1) is 18.1. The molecular formula is C20H16N7O2+. The quantitative estimate of drug-likeness (QED) is 0.511. The van der Waals surface area contributed by atoms with Gasteiger partial charge < -0.3 is 4.74 Å². The Kier molecular flexibility index (Phi) is 4.61. The van der Waals surface area contributed by atoms with E-state index in [0.29, 0.717) is 40.1 Å². The number of methoxy groups -OCH3 is 1. The zero-order valence-electron chi connectivity index (χ0n) is 16.0. The summed E-state index contributed by atoms with van der Waals surface area (Å²) in [5.74, 6) is 7.67. The summed E-state index contributed by atoms with van der Waals surface area (Å²) in [4.78, 5) is 20.7. The number of fused-ring (bicyclic) bond motifs is 1. The van der Waals surface area contributed by atoms with Crippen LogP contribution in [0.2, 0.25) is 0 Å². The van der Waals surface area contributed by atoms with Crippen molar-refractivity contribution in [2.75, 3.05) is 7.11 Å². The number of nitrogens with zero attached hydrogens (tertiary/aromatic N) is 6. The summed E-state index contributed by atoms with van der Waals surface area (Å²) in [7, 11) is 1.53. The third kappa shape index (κ3) is 3.74. The summed E-state index contributed by atoms with van der Waals surface area (Å²) in [5.41, 5.74) is 2.68. The molecule has 0 saturated carbocycles. The molecule has 0 aliphatic carbocycles. The lowest BCUT2D eigenvalue weighted by Gasteiger charge is -2.03. The largest absolute Gasteiger partial charge is 0.480 e. The number of hydrogen-bond donors (Lipinski definition) is 1. The molecule has 9 nitrogen and oxygen atoms in total. The topological polar surface area (TPSA) is 108 Å². The van der Waals surface area contributed by atoms with Gasteiger partial charge in [0.15, 0.2) is 5.65 Å². The number of carbonyl (C=O) groups is 1. The van der Waals surface area contributed by atoms with Crippen LogP contribution in [0.5, 0.6) is 5.88 Å². The van der Waals surface area contributed by atoms with Crippen molar-refractivity contribution in [2.45, 2.75) is 13.8 Å². The lowest BCUT2D eigenvalue weighted by Crippen LogP contribution is -2.31. The third-order valence-corrected chi connectivity index (χ3v) is 4.18. The molecule has 0 saturated heterocycles. The predicted molar refractivity (Wildman–Crippen MR) is 108 cm³/mol. The summed E-state index contributed by atoms with van der Waals surface area (Å²) in [6.45, 7) is 3.68. The van der Waals surface area contributed by atoms with Crippen molar-refractivity contribution in [2.24, 2.45) is 4.99 Å². The minimum atomic E-state index is -0.281. The normalized spacial score (nSPS) is 12.2. The SMILES string of the molecule is COc1cn2c(C#Cc3cc(C(=O)NC4=NC(C)=[N+]=C4)ccc3C)nnc2cn1. The lowest BCUT2D eigenvalue weighted by molar-refractivity contribution is 0.0977. The standard InChI is InChI=1S/C20H15N7O2/c1-12-4-5-15(20(28)24-16-9-21-13(2)23-16)8-14(12)6-7-17-25-26-18-10-22-19(29-3)11-27(17)18/h4-5,8-11H,1-3H3/p+1. The van der Waals surface area contributed by atoms with Crippen LogP contribution in [-0.4, -0.2) is 50.5 Å². The maximum atomic E-state index is 12.5. The monoisotopic (exact) mass is 386 g/mol. The van der Waals surface area contributed by atoms with Crippen molar-refractivity contribution >= 4 is 29.4 Å². The minimum Gasteiger partial charge on any atom is -0.480 e. The van der Waals surface area contributed by atoms with E-state index in [1.807, 2.05) is 13.0 Å². The Morgan fingerprint density at radius 1 is 1.24 bits per heavy atom. The minimum absolute atomic E-state index is 0.281. The van der Waals surface area contributed by atoms with E-state index < -0.39 is 0 Å². The van der Waals surface area contributed by atoms with E-state index in [1.54, 1.807) is 35.9 Å². The molecule has 1 aromatic carbocycles. The fourth-order valence-electron chi connectivity index (χ4n) is 2.63. The molecule has 0 bridgehead atoms. The average Bonchev–Trinajstić information content (AvgIpc) is 3.32. The van der Waals surface area contributed by atoms with Gasteiger partial charge in [-0.3, -0.25) is 14.5 Å². The summed E-state index contributed by atoms with van der Waals surface area (Å²) in [6, 6.07) is 5.31. The first-order valence-corrected chi connectivity index (χ1v) is 8.68. The number of hydrogen-bond acceptors (Lipinski definition) is 6. The second-order valence-electron chi connectivity index (χ2n) is 6.22. The molecule has 0 atom stereocenters. The number of benzene rings is 1. The highest BCUT2D eigenvalue weighted by Crippen LogP contribution is 2.12. The van der Waals surface area contributed by atoms with Gasteiger partial charge in [0.1, 0.15) is 0 Å². The first-order chi connectivity index (χ1) is 14.0. The van der Waals surface area contributed by atoms with Gasteiger partial charge in [0.25, 0.3) is 12.1 Å². The van der Waals surface area contributed by atoms with E-state index in [-0.39, 0.29) is 5.91 Å². The van der Waals surface area contributed by atoms with Crippen molar-refractivity contribution in [1.29, 1.82) is 0 Å². The Morgan fingerprint density at radius 3 is 2.86 bits per heavy atom. The van der Waals surface area contributed by atoms with Gasteiger partial charge in [-0.15, -0.1) is 10.2 Å². The fourth-order valence-corrected chi connectivity index (χ4v) is 2.63. The highest BCUT2D eigenvalue weighted by atomic mass is 16.5. The van der Waals surface area contributed by atoms with Crippen molar-refractivity contribution < 1.29 is 9.53 Å². The molecule has 1 amide bonds. The molecule has 0 radical (unpaired) electrons. The number of amidine groups is 2. The molecule has 0 spiro atoms. The molecule has 3 heterocycles. The van der Waals surface area contributed by atoms with Crippen LogP contribution in [-0.2, 0) is 0 Å². The van der Waals surface area contributed by atoms with Crippen LogP contribution in [0, 0.1) is 18.8 Å². The average molecular weight is 386 g/mol. The van der Waals surface area contributed by atoms with Crippen molar-refractivity contribution in [3.63, 3.8) is 0 Å². The second-order valence-corrected chi connectivity index (χ2v) is 6.22. The third-order valence-electron chi connectivity index (χ3n) is 4.18. The Hall–Kier alpha value is -4.28. The molecule has 142 valence electrons. The summed E-state index contributed by atoms with van der Waals surface area (Å²) in [5, 5.41) is 10.8. The molecule has 1 N–H and O–H groups in total. The van der Waals surface area contributed by atoms with Gasteiger partial charge in [-0.1, -0.05) is 12.0 Å². The molecule has 2 aromatic heterocycles. The number of aryl methyl sites for hydroxylation is 1. The van der Waals surface area contributed by atoms with Gasteiger partial charge in [0.05, 0.1) is 26.4 Å². The van der Waals surface area contributed by atoms with E-state index >= 15 is 0 Å². The van der Waals surface area contributed by atoms with Gasteiger partial charge in [0.2, 0.25) is 11.7 Å². The molecule has 9 heteroatoms. The molecule has 1 aliphatic heterocycles. The van der Waals surface area contributed by atoms with Crippen LogP contribution < -0.4 is 14.7 Å². The smallest absolute Gasteiger partial charge is 0.389 e. The van der Waals surface area contributed by atoms with Crippen LogP contribution in [0.3, 0.4) is 0 Å². The number of aromatic nitrogens is 4. The van der Waals surface area contributed by atoms with Crippen molar-refractivity contribution in [3.8, 4) is 17.7 Å². The van der Waals surface area contributed by atoms with Gasteiger partial charge >= 0.3 is 11.7 Å². The number of carbonyl (C=O) groups excluding carboxylic acids is 1. The number of nitrogens with one attached hydrogen (secondary N) is 1. The highest BCUT2D eigenvalue weighted by Gasteiger charge is 2.18. The van der Waals surface area contributed by atoms with E-state index in [2.05, 4.69) is 42.0 Å². The molecule has 4 rings (SSSR count). The molecule has 29 heavy (non-hydrogen) atoms. The lowest BCUT2D eigenvalue weighted by atomic mass is 10.0. The highest BCUT2D eigenvalue weighted by molar-refractivity contribution is 6.37. The molecule has 3 aromatic rings. The van der Waals surface area contributed by atoms with Gasteiger partial charge in [-0.25, -0.2) is 9.65 Å². The van der Waals surface area contributed by atoms with Crippen molar-refractivity contribution in [1.82, 2.24) is 29.6 Å². The number of ether oxygens (including phenoxy) is 1. The second kappa shape index (κ2) is 7.38. The van der Waals surface area contributed by atoms with Gasteiger partial charge in [-0.2, -0.15) is 0 Å². The number of aliphatic imine (C=N–C) groups is 1.